The molecule has 0 aromatic carbocycles. The standard InChI is InChI=1S/C11H20N2O2S2/c1-2-3-4-5-6-13-17(14,15)11-7-10(8-12)9-16-11/h7,9,13H,2-6,8,12H2,1H3. The number of unbranched alkanes of at least 4 members (excludes halogenated alkanes) is 3. The summed E-state index contributed by atoms with van der Waals surface area (Å²) in [6.07, 6.45) is 4.26. The fourth-order valence-corrected chi connectivity index (χ4v) is 3.77. The van der Waals surface area contributed by atoms with Crippen molar-refractivity contribution in [2.45, 2.75) is 43.4 Å². The molecule has 1 heterocycles. The molecule has 0 bridgehead atoms. The molecule has 1 aromatic rings. The van der Waals surface area contributed by atoms with Gasteiger partial charge in [-0.1, -0.05) is 26.2 Å². The lowest BCUT2D eigenvalue weighted by atomic mass is 10.2. The van der Waals surface area contributed by atoms with Gasteiger partial charge < -0.3 is 5.73 Å². The molecule has 17 heavy (non-hydrogen) atoms. The third kappa shape index (κ3) is 4.75. The van der Waals surface area contributed by atoms with E-state index in [1.165, 1.54) is 11.3 Å². The van der Waals surface area contributed by atoms with Crippen molar-refractivity contribution in [3.63, 3.8) is 0 Å². The molecule has 98 valence electrons. The first-order chi connectivity index (χ1) is 8.10. The van der Waals surface area contributed by atoms with Crippen molar-refractivity contribution in [1.29, 1.82) is 0 Å². The van der Waals surface area contributed by atoms with Gasteiger partial charge in [0.1, 0.15) is 4.21 Å². The number of hydrogen-bond acceptors (Lipinski definition) is 4. The summed E-state index contributed by atoms with van der Waals surface area (Å²) in [5, 5.41) is 1.78. The van der Waals surface area contributed by atoms with Crippen LogP contribution in [-0.4, -0.2) is 15.0 Å². The summed E-state index contributed by atoms with van der Waals surface area (Å²) >= 11 is 1.22. The molecule has 1 aromatic heterocycles. The molecule has 4 nitrogen and oxygen atoms in total. The van der Waals surface area contributed by atoms with Gasteiger partial charge in [-0.2, -0.15) is 0 Å². The summed E-state index contributed by atoms with van der Waals surface area (Å²) in [7, 11) is -3.32. The Bertz CT molecular complexity index is 426. The molecular formula is C11H20N2O2S2. The second-order valence-corrected chi connectivity index (χ2v) is 6.84. The Morgan fingerprint density at radius 1 is 1.35 bits per heavy atom. The van der Waals surface area contributed by atoms with E-state index in [9.17, 15) is 8.42 Å². The van der Waals surface area contributed by atoms with Crippen molar-refractivity contribution in [2.75, 3.05) is 6.54 Å². The summed E-state index contributed by atoms with van der Waals surface area (Å²) in [6.45, 7) is 3.02. The SMILES string of the molecule is CCCCCCNS(=O)(=O)c1cc(CN)cs1. The van der Waals surface area contributed by atoms with Crippen molar-refractivity contribution < 1.29 is 8.42 Å². The summed E-state index contributed by atoms with van der Waals surface area (Å²) in [5.41, 5.74) is 6.32. The van der Waals surface area contributed by atoms with E-state index in [1.54, 1.807) is 11.4 Å². The quantitative estimate of drug-likeness (QED) is 0.714. The molecule has 0 unspecified atom stereocenters. The third-order valence-electron chi connectivity index (χ3n) is 2.45. The molecule has 0 atom stereocenters. The van der Waals surface area contributed by atoms with Crippen molar-refractivity contribution >= 4 is 21.4 Å². The van der Waals surface area contributed by atoms with Gasteiger partial charge in [0.05, 0.1) is 0 Å². The number of hydrogen-bond donors (Lipinski definition) is 2. The van der Waals surface area contributed by atoms with Gasteiger partial charge in [-0.3, -0.25) is 0 Å². The van der Waals surface area contributed by atoms with Gasteiger partial charge in [0.25, 0.3) is 0 Å². The highest BCUT2D eigenvalue weighted by molar-refractivity contribution is 7.91. The third-order valence-corrected chi connectivity index (χ3v) is 5.40. The zero-order valence-corrected chi connectivity index (χ0v) is 11.7. The van der Waals surface area contributed by atoms with Crippen molar-refractivity contribution in [3.8, 4) is 0 Å². The van der Waals surface area contributed by atoms with Crippen LogP contribution in [0.1, 0.15) is 38.2 Å². The minimum atomic E-state index is -3.32. The minimum Gasteiger partial charge on any atom is -0.326 e. The van der Waals surface area contributed by atoms with Gasteiger partial charge in [-0.15, -0.1) is 11.3 Å². The van der Waals surface area contributed by atoms with Crippen LogP contribution in [-0.2, 0) is 16.6 Å². The average Bonchev–Trinajstić information content (AvgIpc) is 2.78. The highest BCUT2D eigenvalue weighted by atomic mass is 32.2. The van der Waals surface area contributed by atoms with Crippen LogP contribution in [0.15, 0.2) is 15.7 Å². The van der Waals surface area contributed by atoms with Crippen LogP contribution in [0.3, 0.4) is 0 Å². The Hall–Kier alpha value is -0.430. The smallest absolute Gasteiger partial charge is 0.250 e. The lowest BCUT2D eigenvalue weighted by molar-refractivity contribution is 0.575. The van der Waals surface area contributed by atoms with Crippen LogP contribution in [0, 0.1) is 0 Å². The van der Waals surface area contributed by atoms with Gasteiger partial charge >= 0.3 is 0 Å². The zero-order chi connectivity index (χ0) is 12.7. The number of nitrogens with one attached hydrogen (secondary N) is 1. The van der Waals surface area contributed by atoms with Crippen LogP contribution in [0.5, 0.6) is 0 Å². The summed E-state index contributed by atoms with van der Waals surface area (Å²) in [5.74, 6) is 0. The maximum atomic E-state index is 11.9. The molecular weight excluding hydrogens is 256 g/mol. The fraction of sp³-hybridized carbons (Fsp3) is 0.636. The molecule has 0 spiro atoms. The number of nitrogens with two attached hydrogens (primary N) is 1. The Balaban J connectivity index is 2.45. The summed E-state index contributed by atoms with van der Waals surface area (Å²) < 4.78 is 26.7. The van der Waals surface area contributed by atoms with Crippen molar-refractivity contribution in [2.24, 2.45) is 5.73 Å². The molecule has 0 saturated heterocycles. The first-order valence-electron chi connectivity index (χ1n) is 5.87. The molecule has 0 fully saturated rings. The second kappa shape index (κ2) is 7.10. The van der Waals surface area contributed by atoms with Crippen molar-refractivity contribution in [1.82, 2.24) is 4.72 Å². The number of thiophene rings is 1. The van der Waals surface area contributed by atoms with Crippen LogP contribution in [0.25, 0.3) is 0 Å². The highest BCUT2D eigenvalue weighted by Gasteiger charge is 2.15. The molecule has 0 saturated carbocycles. The first kappa shape index (κ1) is 14.6. The van der Waals surface area contributed by atoms with Crippen LogP contribution in [0.4, 0.5) is 0 Å². The molecule has 0 aliphatic carbocycles. The second-order valence-electron chi connectivity index (χ2n) is 3.94. The fourth-order valence-electron chi connectivity index (χ4n) is 1.43. The van der Waals surface area contributed by atoms with E-state index < -0.39 is 10.0 Å². The first-order valence-corrected chi connectivity index (χ1v) is 8.23. The number of rotatable bonds is 8. The van der Waals surface area contributed by atoms with Gasteiger partial charge in [0, 0.05) is 13.1 Å². The minimum absolute atomic E-state index is 0.355. The Labute approximate surface area is 107 Å². The van der Waals surface area contributed by atoms with Gasteiger partial charge in [-0.05, 0) is 23.4 Å². The maximum Gasteiger partial charge on any atom is 0.250 e. The average molecular weight is 276 g/mol. The highest BCUT2D eigenvalue weighted by Crippen LogP contribution is 2.19. The summed E-state index contributed by atoms with van der Waals surface area (Å²) in [6, 6.07) is 1.64. The van der Waals surface area contributed by atoms with E-state index in [-0.39, 0.29) is 0 Å². The van der Waals surface area contributed by atoms with E-state index >= 15 is 0 Å². The topological polar surface area (TPSA) is 72.2 Å². The van der Waals surface area contributed by atoms with E-state index in [2.05, 4.69) is 11.6 Å². The van der Waals surface area contributed by atoms with E-state index in [4.69, 9.17) is 5.73 Å². The largest absolute Gasteiger partial charge is 0.326 e. The molecule has 1 rings (SSSR count). The maximum absolute atomic E-state index is 11.9. The van der Waals surface area contributed by atoms with Gasteiger partial charge in [0.15, 0.2) is 0 Å². The zero-order valence-electron chi connectivity index (χ0n) is 10.1. The molecule has 3 N–H and O–H groups in total. The molecule has 0 aliphatic heterocycles. The predicted octanol–water partition coefficient (Wildman–Crippen LogP) is 2.07. The Morgan fingerprint density at radius 2 is 2.12 bits per heavy atom. The van der Waals surface area contributed by atoms with Crippen molar-refractivity contribution in [3.05, 3.63) is 17.0 Å². The summed E-state index contributed by atoms with van der Waals surface area (Å²) in [4.78, 5) is 0. The van der Waals surface area contributed by atoms with E-state index in [1.807, 2.05) is 0 Å². The molecule has 6 heteroatoms. The molecule has 0 amide bonds. The Morgan fingerprint density at radius 3 is 2.71 bits per heavy atom. The lowest BCUT2D eigenvalue weighted by Crippen LogP contribution is -2.24. The number of sulfonamides is 1. The lowest BCUT2D eigenvalue weighted by Gasteiger charge is -2.03. The normalized spacial score (nSPS) is 11.9. The molecule has 0 aliphatic rings. The predicted molar refractivity (Wildman–Crippen MR) is 71.5 cm³/mol. The van der Waals surface area contributed by atoms with Gasteiger partial charge in [-0.25, -0.2) is 13.1 Å². The van der Waals surface area contributed by atoms with E-state index in [0.717, 1.165) is 31.2 Å². The Kier molecular flexibility index (Phi) is 6.11. The van der Waals surface area contributed by atoms with E-state index in [0.29, 0.717) is 17.3 Å². The van der Waals surface area contributed by atoms with Crippen LogP contribution < -0.4 is 10.5 Å². The molecule has 0 radical (unpaired) electrons. The van der Waals surface area contributed by atoms with Crippen LogP contribution in [0.2, 0.25) is 0 Å². The monoisotopic (exact) mass is 276 g/mol. The van der Waals surface area contributed by atoms with Crippen LogP contribution >= 0.6 is 11.3 Å². The van der Waals surface area contributed by atoms with Gasteiger partial charge in [0.2, 0.25) is 10.0 Å².